The fourth-order valence-electron chi connectivity index (χ4n) is 3.08. The van der Waals surface area contributed by atoms with E-state index in [1.165, 1.54) is 5.56 Å². The van der Waals surface area contributed by atoms with Crippen LogP contribution in [0.3, 0.4) is 0 Å². The molecule has 1 aromatic heterocycles. The first-order valence-electron chi connectivity index (χ1n) is 8.93. The molecule has 0 unspecified atom stereocenters. The largest absolute Gasteiger partial charge is 0.379 e. The van der Waals surface area contributed by atoms with Gasteiger partial charge >= 0.3 is 0 Å². The molecule has 5 heteroatoms. The van der Waals surface area contributed by atoms with Crippen molar-refractivity contribution in [2.45, 2.75) is 45.1 Å². The molecule has 0 spiro atoms. The fourth-order valence-corrected chi connectivity index (χ4v) is 3.08. The number of carbonyl (C=O) groups is 1. The van der Waals surface area contributed by atoms with Crippen molar-refractivity contribution in [2.75, 3.05) is 18.5 Å². The predicted molar refractivity (Wildman–Crippen MR) is 98.1 cm³/mol. The lowest BCUT2D eigenvalue weighted by atomic mass is 9.82. The molecule has 0 aliphatic heterocycles. The van der Waals surface area contributed by atoms with Gasteiger partial charge in [0, 0.05) is 25.8 Å². The van der Waals surface area contributed by atoms with Crippen molar-refractivity contribution in [3.63, 3.8) is 0 Å². The number of aromatic nitrogens is 2. The van der Waals surface area contributed by atoms with Gasteiger partial charge in [0.25, 0.3) is 0 Å². The zero-order valence-electron chi connectivity index (χ0n) is 14.9. The van der Waals surface area contributed by atoms with Gasteiger partial charge in [-0.05, 0) is 38.2 Å². The normalized spacial score (nSPS) is 16.8. The summed E-state index contributed by atoms with van der Waals surface area (Å²) in [6.45, 7) is 5.52. The Morgan fingerprint density at radius 2 is 2.04 bits per heavy atom. The molecule has 25 heavy (non-hydrogen) atoms. The number of fused-ring (bicyclic) bond motifs is 1. The smallest absolute Gasteiger partial charge is 0.222 e. The molecule has 0 bridgehead atoms. The first kappa shape index (κ1) is 17.5. The van der Waals surface area contributed by atoms with Crippen molar-refractivity contribution in [1.29, 1.82) is 0 Å². The Morgan fingerprint density at radius 1 is 1.24 bits per heavy atom. The average molecular weight is 339 g/mol. The molecule has 0 radical (unpaired) electrons. The molecule has 132 valence electrons. The summed E-state index contributed by atoms with van der Waals surface area (Å²) in [7, 11) is 0. The Bertz CT molecular complexity index is 716. The number of nitrogens with zero attached hydrogens (tertiary/aromatic N) is 2. The quantitative estimate of drug-likeness (QED) is 0.781. The molecule has 0 saturated carbocycles. The van der Waals surface area contributed by atoms with Crippen molar-refractivity contribution >= 4 is 11.7 Å². The second-order valence-electron chi connectivity index (χ2n) is 6.69. The first-order valence-corrected chi connectivity index (χ1v) is 8.93. The number of anilines is 1. The van der Waals surface area contributed by atoms with Crippen LogP contribution in [-0.4, -0.2) is 35.0 Å². The van der Waals surface area contributed by atoms with Crippen LogP contribution in [0.5, 0.6) is 0 Å². The van der Waals surface area contributed by atoms with E-state index in [9.17, 15) is 4.79 Å². The van der Waals surface area contributed by atoms with Crippen LogP contribution in [0.1, 0.15) is 54.2 Å². The standard InChI is InChI=1S/C20H25N3O2/c1-14(2)25-10-6-9-21-20-22-13-17-18(23-20)11-16(12-19(17)24)15-7-4-3-5-8-15/h3-5,7-8,13-14,16H,6,9-12H2,1-2H3,(H,21,22,23)/t16-/m0/s1. The highest BCUT2D eigenvalue weighted by atomic mass is 16.5. The van der Waals surface area contributed by atoms with E-state index in [1.54, 1.807) is 6.20 Å². The summed E-state index contributed by atoms with van der Waals surface area (Å²) in [5.41, 5.74) is 2.71. The van der Waals surface area contributed by atoms with E-state index in [0.717, 1.165) is 25.1 Å². The van der Waals surface area contributed by atoms with Crippen LogP contribution < -0.4 is 5.32 Å². The third-order valence-corrected chi connectivity index (χ3v) is 4.37. The second kappa shape index (κ2) is 8.21. The van der Waals surface area contributed by atoms with E-state index in [1.807, 2.05) is 32.0 Å². The van der Waals surface area contributed by atoms with Crippen LogP contribution in [0.2, 0.25) is 0 Å². The van der Waals surface area contributed by atoms with Crippen molar-refractivity contribution < 1.29 is 9.53 Å². The summed E-state index contributed by atoms with van der Waals surface area (Å²) in [6.07, 6.45) is 4.11. The van der Waals surface area contributed by atoms with Gasteiger partial charge in [-0.15, -0.1) is 0 Å². The lowest BCUT2D eigenvalue weighted by molar-refractivity contribution is 0.0787. The topological polar surface area (TPSA) is 64.1 Å². The highest BCUT2D eigenvalue weighted by Crippen LogP contribution is 2.31. The molecule has 1 N–H and O–H groups in total. The number of Topliss-reactive ketones (excluding diaryl/α,β-unsaturated/α-hetero) is 1. The van der Waals surface area contributed by atoms with Gasteiger partial charge in [0.05, 0.1) is 17.4 Å². The van der Waals surface area contributed by atoms with Crippen molar-refractivity contribution in [1.82, 2.24) is 9.97 Å². The monoisotopic (exact) mass is 339 g/mol. The molecule has 2 aromatic rings. The lowest BCUT2D eigenvalue weighted by Gasteiger charge is -2.23. The minimum Gasteiger partial charge on any atom is -0.379 e. The molecule has 1 heterocycles. The molecule has 1 atom stereocenters. The predicted octanol–water partition coefficient (Wildman–Crippen LogP) is 3.62. The number of hydrogen-bond donors (Lipinski definition) is 1. The molecule has 0 fully saturated rings. The van der Waals surface area contributed by atoms with Crippen molar-refractivity contribution in [3.8, 4) is 0 Å². The Balaban J connectivity index is 1.64. The van der Waals surface area contributed by atoms with E-state index >= 15 is 0 Å². The summed E-state index contributed by atoms with van der Waals surface area (Å²) in [6, 6.07) is 10.2. The van der Waals surface area contributed by atoms with Gasteiger partial charge in [0.1, 0.15) is 0 Å². The molecular weight excluding hydrogens is 314 g/mol. The zero-order chi connectivity index (χ0) is 17.6. The lowest BCUT2D eigenvalue weighted by Crippen LogP contribution is -2.21. The highest BCUT2D eigenvalue weighted by Gasteiger charge is 2.27. The minimum atomic E-state index is 0.131. The van der Waals surface area contributed by atoms with Gasteiger partial charge in [-0.3, -0.25) is 4.79 Å². The summed E-state index contributed by atoms with van der Waals surface area (Å²) < 4.78 is 5.52. The molecule has 5 nitrogen and oxygen atoms in total. The van der Waals surface area contributed by atoms with E-state index in [-0.39, 0.29) is 17.8 Å². The van der Waals surface area contributed by atoms with Gasteiger partial charge in [-0.2, -0.15) is 0 Å². The second-order valence-corrected chi connectivity index (χ2v) is 6.69. The Morgan fingerprint density at radius 3 is 2.80 bits per heavy atom. The first-order chi connectivity index (χ1) is 12.1. The Labute approximate surface area is 148 Å². The maximum Gasteiger partial charge on any atom is 0.222 e. The van der Waals surface area contributed by atoms with Crippen LogP contribution in [0.15, 0.2) is 36.5 Å². The summed E-state index contributed by atoms with van der Waals surface area (Å²) in [5, 5.41) is 3.22. The number of nitrogens with one attached hydrogen (secondary N) is 1. The van der Waals surface area contributed by atoms with E-state index < -0.39 is 0 Å². The summed E-state index contributed by atoms with van der Waals surface area (Å²) >= 11 is 0. The third kappa shape index (κ3) is 4.63. The van der Waals surface area contributed by atoms with Gasteiger partial charge in [0.2, 0.25) is 5.95 Å². The number of ketones is 1. The summed E-state index contributed by atoms with van der Waals surface area (Å²) in [4.78, 5) is 21.3. The van der Waals surface area contributed by atoms with Crippen molar-refractivity contribution in [3.05, 3.63) is 53.3 Å². The van der Waals surface area contributed by atoms with E-state index in [2.05, 4.69) is 27.4 Å². The van der Waals surface area contributed by atoms with Gasteiger partial charge in [0.15, 0.2) is 5.78 Å². The SMILES string of the molecule is CC(C)OCCCNc1ncc2c(n1)C[C@H](c1ccccc1)CC2=O. The maximum atomic E-state index is 12.4. The number of benzene rings is 1. The van der Waals surface area contributed by atoms with Gasteiger partial charge in [-0.25, -0.2) is 9.97 Å². The number of rotatable bonds is 7. The molecule has 3 rings (SSSR count). The van der Waals surface area contributed by atoms with Gasteiger partial charge in [-0.1, -0.05) is 30.3 Å². The van der Waals surface area contributed by atoms with E-state index in [0.29, 0.717) is 24.5 Å². The molecule has 1 aliphatic carbocycles. The van der Waals surface area contributed by atoms with Crippen LogP contribution >= 0.6 is 0 Å². The maximum absolute atomic E-state index is 12.4. The van der Waals surface area contributed by atoms with Gasteiger partial charge < -0.3 is 10.1 Å². The van der Waals surface area contributed by atoms with E-state index in [4.69, 9.17) is 4.74 Å². The number of hydrogen-bond acceptors (Lipinski definition) is 5. The van der Waals surface area contributed by atoms with Crippen molar-refractivity contribution in [2.24, 2.45) is 0 Å². The number of ether oxygens (including phenoxy) is 1. The highest BCUT2D eigenvalue weighted by molar-refractivity contribution is 5.98. The van der Waals surface area contributed by atoms with Crippen LogP contribution in [0.25, 0.3) is 0 Å². The fraction of sp³-hybridized carbons (Fsp3) is 0.450. The minimum absolute atomic E-state index is 0.131. The molecular formula is C20H25N3O2. The summed E-state index contributed by atoms with van der Waals surface area (Å²) in [5.74, 6) is 0.917. The molecule has 1 aliphatic rings. The van der Waals surface area contributed by atoms with Crippen LogP contribution in [0.4, 0.5) is 5.95 Å². The average Bonchev–Trinajstić information content (AvgIpc) is 2.61. The molecule has 1 aromatic carbocycles. The number of carbonyl (C=O) groups excluding carboxylic acids is 1. The van der Waals surface area contributed by atoms with Crippen LogP contribution in [0, 0.1) is 0 Å². The Kier molecular flexibility index (Phi) is 5.76. The zero-order valence-corrected chi connectivity index (χ0v) is 14.9. The molecule has 0 amide bonds. The Hall–Kier alpha value is -2.27. The van der Waals surface area contributed by atoms with Crippen LogP contribution in [-0.2, 0) is 11.2 Å². The third-order valence-electron chi connectivity index (χ3n) is 4.37. The molecule has 0 saturated heterocycles.